The Kier molecular flexibility index (Phi) is 6.48. The van der Waals surface area contributed by atoms with Gasteiger partial charge in [-0.25, -0.2) is 0 Å². The number of halogens is 2. The van der Waals surface area contributed by atoms with Crippen molar-refractivity contribution >= 4 is 23.2 Å². The minimum atomic E-state index is -0.0540. The molecule has 76 valence electrons. The van der Waals surface area contributed by atoms with Gasteiger partial charge in [0.1, 0.15) is 0 Å². The summed E-state index contributed by atoms with van der Waals surface area (Å²) in [4.78, 5) is 0. The molecule has 0 N–H and O–H groups in total. The van der Waals surface area contributed by atoms with Crippen molar-refractivity contribution in [3.8, 4) is 0 Å². The van der Waals surface area contributed by atoms with Crippen LogP contribution in [0.2, 0.25) is 0 Å². The predicted molar refractivity (Wildman–Crippen MR) is 59.7 cm³/mol. The van der Waals surface area contributed by atoms with E-state index in [0.29, 0.717) is 13.2 Å². The maximum absolute atomic E-state index is 5.78. The van der Waals surface area contributed by atoms with E-state index in [2.05, 4.69) is 13.2 Å². The van der Waals surface area contributed by atoms with Crippen LogP contribution >= 0.6 is 23.2 Å². The number of rotatable bonds is 6. The van der Waals surface area contributed by atoms with Crippen molar-refractivity contribution in [2.45, 2.75) is 24.6 Å². The van der Waals surface area contributed by atoms with Crippen LogP contribution in [0, 0.1) is 0 Å². The molecule has 0 aliphatic carbocycles. The molecule has 0 aromatic heterocycles. The zero-order valence-corrected chi connectivity index (χ0v) is 9.66. The smallest absolute Gasteiger partial charge is 0.0692 e. The Morgan fingerprint density at radius 1 is 1.08 bits per heavy atom. The molecule has 0 aromatic carbocycles. The summed E-state index contributed by atoms with van der Waals surface area (Å²) in [6.45, 7) is 12.2. The molecule has 0 aliphatic heterocycles. The van der Waals surface area contributed by atoms with Crippen LogP contribution in [-0.4, -0.2) is 24.0 Å². The van der Waals surface area contributed by atoms with Gasteiger partial charge in [0.2, 0.25) is 0 Å². The van der Waals surface area contributed by atoms with Crippen LogP contribution in [0.25, 0.3) is 0 Å². The first-order valence-electron chi connectivity index (χ1n) is 4.16. The second-order valence-electron chi connectivity index (χ2n) is 3.04. The van der Waals surface area contributed by atoms with Crippen LogP contribution < -0.4 is 0 Å². The molecule has 2 unspecified atom stereocenters. The average Bonchev–Trinajstić information content (AvgIpc) is 2.03. The van der Waals surface area contributed by atoms with Gasteiger partial charge in [-0.2, -0.15) is 0 Å². The van der Waals surface area contributed by atoms with Gasteiger partial charge in [-0.05, 0) is 25.0 Å². The lowest BCUT2D eigenvalue weighted by Gasteiger charge is -2.11. The van der Waals surface area contributed by atoms with Gasteiger partial charge >= 0.3 is 0 Å². The van der Waals surface area contributed by atoms with Crippen molar-refractivity contribution in [2.24, 2.45) is 0 Å². The predicted octanol–water partition coefficient (Wildman–Crippen LogP) is 3.37. The highest BCUT2D eigenvalue weighted by molar-refractivity contribution is 6.22. The summed E-state index contributed by atoms with van der Waals surface area (Å²) in [6.07, 6.45) is 0. The van der Waals surface area contributed by atoms with Crippen molar-refractivity contribution in [1.82, 2.24) is 0 Å². The van der Waals surface area contributed by atoms with Crippen LogP contribution in [-0.2, 0) is 4.74 Å². The number of hydrogen-bond acceptors (Lipinski definition) is 1. The summed E-state index contributed by atoms with van der Waals surface area (Å²) in [6, 6.07) is 0. The average molecular weight is 223 g/mol. The van der Waals surface area contributed by atoms with Gasteiger partial charge in [-0.15, -0.1) is 23.2 Å². The van der Waals surface area contributed by atoms with Gasteiger partial charge in [-0.1, -0.05) is 13.2 Å². The van der Waals surface area contributed by atoms with Gasteiger partial charge in [0, 0.05) is 0 Å². The maximum Gasteiger partial charge on any atom is 0.0692 e. The Morgan fingerprint density at radius 3 is 1.62 bits per heavy atom. The molecule has 13 heavy (non-hydrogen) atoms. The van der Waals surface area contributed by atoms with E-state index >= 15 is 0 Å². The Morgan fingerprint density at radius 2 is 1.38 bits per heavy atom. The summed E-state index contributed by atoms with van der Waals surface area (Å²) in [5.74, 6) is 0. The van der Waals surface area contributed by atoms with E-state index in [-0.39, 0.29) is 10.8 Å². The lowest BCUT2D eigenvalue weighted by atomic mass is 10.2. The van der Waals surface area contributed by atoms with Crippen molar-refractivity contribution in [3.63, 3.8) is 0 Å². The van der Waals surface area contributed by atoms with Crippen LogP contribution in [0.5, 0.6) is 0 Å². The van der Waals surface area contributed by atoms with E-state index in [1.807, 2.05) is 13.8 Å². The number of hydrogen-bond donors (Lipinski definition) is 0. The van der Waals surface area contributed by atoms with E-state index in [1.165, 1.54) is 0 Å². The highest BCUT2D eigenvalue weighted by Gasteiger charge is 2.05. The second-order valence-corrected chi connectivity index (χ2v) is 4.35. The minimum absolute atomic E-state index is 0.0540. The fourth-order valence-corrected chi connectivity index (χ4v) is 0.669. The molecule has 0 heterocycles. The van der Waals surface area contributed by atoms with Gasteiger partial charge in [0.25, 0.3) is 0 Å². The first-order valence-corrected chi connectivity index (χ1v) is 5.03. The largest absolute Gasteiger partial charge is 0.373 e. The van der Waals surface area contributed by atoms with E-state index < -0.39 is 0 Å². The van der Waals surface area contributed by atoms with Crippen LogP contribution in [0.15, 0.2) is 24.3 Å². The third-order valence-electron chi connectivity index (χ3n) is 1.70. The first-order chi connectivity index (χ1) is 5.95. The normalized spacial score (nSPS) is 15.1. The molecule has 0 fully saturated rings. The molecule has 0 aromatic rings. The SMILES string of the molecule is C=C(COCC(=C)C(C)Cl)C(C)Cl. The summed E-state index contributed by atoms with van der Waals surface area (Å²) < 4.78 is 5.31. The fraction of sp³-hybridized carbons (Fsp3) is 0.600. The quantitative estimate of drug-likeness (QED) is 0.495. The zero-order valence-electron chi connectivity index (χ0n) is 8.15. The highest BCUT2D eigenvalue weighted by Crippen LogP contribution is 2.10. The molecule has 0 saturated carbocycles. The second kappa shape index (κ2) is 6.47. The van der Waals surface area contributed by atoms with Gasteiger partial charge in [0.15, 0.2) is 0 Å². The standard InChI is InChI=1S/C10H16Cl2O/c1-7(9(3)11)5-13-6-8(2)10(4)12/h9-10H,1-2,5-6H2,3-4H3. The molecule has 0 rings (SSSR count). The van der Waals surface area contributed by atoms with E-state index in [4.69, 9.17) is 27.9 Å². The molecule has 0 saturated heterocycles. The molecule has 3 heteroatoms. The molecule has 0 bridgehead atoms. The van der Waals surface area contributed by atoms with Crippen LogP contribution in [0.3, 0.4) is 0 Å². The Labute approximate surface area is 90.4 Å². The molecule has 0 aliphatic rings. The molecule has 1 nitrogen and oxygen atoms in total. The lowest BCUT2D eigenvalue weighted by Crippen LogP contribution is -2.09. The molecule has 2 atom stereocenters. The van der Waals surface area contributed by atoms with Crippen molar-refractivity contribution in [2.75, 3.05) is 13.2 Å². The highest BCUT2D eigenvalue weighted by atomic mass is 35.5. The Balaban J connectivity index is 3.57. The summed E-state index contributed by atoms with van der Waals surface area (Å²) in [5, 5.41) is -0.108. The van der Waals surface area contributed by atoms with Crippen molar-refractivity contribution in [3.05, 3.63) is 24.3 Å². The van der Waals surface area contributed by atoms with E-state index in [9.17, 15) is 0 Å². The lowest BCUT2D eigenvalue weighted by molar-refractivity contribution is 0.177. The van der Waals surface area contributed by atoms with Crippen LogP contribution in [0.1, 0.15) is 13.8 Å². The Hall–Kier alpha value is 0.0200. The molecule has 0 spiro atoms. The molecule has 0 radical (unpaired) electrons. The fourth-order valence-electron chi connectivity index (χ4n) is 0.543. The van der Waals surface area contributed by atoms with E-state index in [1.54, 1.807) is 0 Å². The third kappa shape index (κ3) is 6.14. The van der Waals surface area contributed by atoms with Gasteiger partial charge in [-0.3, -0.25) is 0 Å². The van der Waals surface area contributed by atoms with Gasteiger partial charge in [0.05, 0.1) is 24.0 Å². The third-order valence-corrected chi connectivity index (χ3v) is 2.32. The van der Waals surface area contributed by atoms with Crippen molar-refractivity contribution in [1.29, 1.82) is 0 Å². The summed E-state index contributed by atoms with van der Waals surface area (Å²) >= 11 is 11.6. The Bertz CT molecular complexity index is 165. The molecule has 0 amide bonds. The van der Waals surface area contributed by atoms with E-state index in [0.717, 1.165) is 11.1 Å². The first kappa shape index (κ1) is 13.0. The minimum Gasteiger partial charge on any atom is -0.373 e. The summed E-state index contributed by atoms with van der Waals surface area (Å²) in [7, 11) is 0. The molecular weight excluding hydrogens is 207 g/mol. The topological polar surface area (TPSA) is 9.23 Å². The molecular formula is C10H16Cl2O. The maximum atomic E-state index is 5.78. The van der Waals surface area contributed by atoms with Crippen molar-refractivity contribution < 1.29 is 4.74 Å². The monoisotopic (exact) mass is 222 g/mol. The van der Waals surface area contributed by atoms with Gasteiger partial charge < -0.3 is 4.74 Å². The summed E-state index contributed by atoms with van der Waals surface area (Å²) in [5.41, 5.74) is 1.74. The number of ether oxygens (including phenoxy) is 1. The zero-order chi connectivity index (χ0) is 10.4. The number of alkyl halides is 2. The van der Waals surface area contributed by atoms with Crippen LogP contribution in [0.4, 0.5) is 0 Å².